The fourth-order valence-corrected chi connectivity index (χ4v) is 3.45. The van der Waals surface area contributed by atoms with Crippen LogP contribution in [0.5, 0.6) is 0 Å². The first-order valence-electron chi connectivity index (χ1n) is 8.18. The molecule has 0 radical (unpaired) electrons. The van der Waals surface area contributed by atoms with E-state index in [9.17, 15) is 0 Å². The second kappa shape index (κ2) is 6.70. The highest BCUT2D eigenvalue weighted by atomic mass is 15.3. The highest BCUT2D eigenvalue weighted by molar-refractivity contribution is 4.99. The van der Waals surface area contributed by atoms with Crippen LogP contribution >= 0.6 is 0 Å². The number of nitrogens with one attached hydrogen (secondary N) is 1. The summed E-state index contributed by atoms with van der Waals surface area (Å²) in [5.41, 5.74) is 0.420. The summed E-state index contributed by atoms with van der Waals surface area (Å²) in [6.07, 6.45) is 9.30. The third-order valence-electron chi connectivity index (χ3n) is 4.75. The van der Waals surface area contributed by atoms with Crippen LogP contribution in [0.15, 0.2) is 6.33 Å². The van der Waals surface area contributed by atoms with Gasteiger partial charge in [0.25, 0.3) is 0 Å². The van der Waals surface area contributed by atoms with Gasteiger partial charge in [0, 0.05) is 18.5 Å². The Morgan fingerprint density at radius 3 is 2.65 bits per heavy atom. The van der Waals surface area contributed by atoms with Gasteiger partial charge in [0.1, 0.15) is 12.2 Å². The number of rotatable bonds is 7. The Hall–Kier alpha value is -0.900. The Bertz CT molecular complexity index is 404. The molecule has 4 heteroatoms. The molecule has 1 atom stereocenters. The minimum atomic E-state index is 0.385. The van der Waals surface area contributed by atoms with Crippen LogP contribution in [0, 0.1) is 5.41 Å². The Morgan fingerprint density at radius 1 is 1.35 bits per heavy atom. The third-order valence-corrected chi connectivity index (χ3v) is 4.75. The predicted molar refractivity (Wildman–Crippen MR) is 82.8 cm³/mol. The van der Waals surface area contributed by atoms with E-state index >= 15 is 0 Å². The molecule has 2 rings (SSSR count). The second-order valence-electron chi connectivity index (χ2n) is 6.79. The molecule has 1 heterocycles. The Morgan fingerprint density at radius 2 is 2.05 bits per heavy atom. The van der Waals surface area contributed by atoms with Crippen molar-refractivity contribution < 1.29 is 0 Å². The lowest BCUT2D eigenvalue weighted by molar-refractivity contribution is 0.214. The quantitative estimate of drug-likeness (QED) is 0.831. The van der Waals surface area contributed by atoms with Crippen LogP contribution in [-0.4, -0.2) is 27.4 Å². The molecule has 0 bridgehead atoms. The van der Waals surface area contributed by atoms with Gasteiger partial charge in [0.15, 0.2) is 0 Å². The summed E-state index contributed by atoms with van der Waals surface area (Å²) in [6.45, 7) is 10.1. The summed E-state index contributed by atoms with van der Waals surface area (Å²) in [5, 5.41) is 8.15. The lowest BCUT2D eigenvalue weighted by atomic mass is 9.78. The molecule has 0 aliphatic heterocycles. The molecule has 114 valence electrons. The van der Waals surface area contributed by atoms with Crippen molar-refractivity contribution in [3.63, 3.8) is 0 Å². The standard InChI is InChI=1S/C16H30N4/c1-5-10-17-14(16(4)8-6-7-9-16)11-15-18-12-19-20(15)13(2)3/h12-14,17H,5-11H2,1-4H3. The smallest absolute Gasteiger partial charge is 0.138 e. The molecule has 4 nitrogen and oxygen atoms in total. The van der Waals surface area contributed by atoms with Crippen molar-refractivity contribution in [2.75, 3.05) is 6.54 Å². The molecule has 1 N–H and O–H groups in total. The largest absolute Gasteiger partial charge is 0.313 e. The van der Waals surface area contributed by atoms with Crippen molar-refractivity contribution >= 4 is 0 Å². The zero-order valence-electron chi connectivity index (χ0n) is 13.5. The fraction of sp³-hybridized carbons (Fsp3) is 0.875. The number of aromatic nitrogens is 3. The molecule has 1 saturated carbocycles. The van der Waals surface area contributed by atoms with Gasteiger partial charge in [-0.2, -0.15) is 5.10 Å². The first kappa shape index (κ1) is 15.5. The summed E-state index contributed by atoms with van der Waals surface area (Å²) in [7, 11) is 0. The molecule has 1 aromatic rings. The molecular formula is C16H30N4. The van der Waals surface area contributed by atoms with E-state index in [1.165, 1.54) is 32.1 Å². The lowest BCUT2D eigenvalue weighted by Gasteiger charge is -2.35. The normalized spacial score (nSPS) is 19.6. The molecule has 1 unspecified atom stereocenters. The first-order valence-corrected chi connectivity index (χ1v) is 8.18. The van der Waals surface area contributed by atoms with Crippen molar-refractivity contribution in [3.05, 3.63) is 12.2 Å². The van der Waals surface area contributed by atoms with E-state index in [0.717, 1.165) is 18.8 Å². The molecule has 20 heavy (non-hydrogen) atoms. The van der Waals surface area contributed by atoms with E-state index in [4.69, 9.17) is 0 Å². The molecule has 0 saturated heterocycles. The predicted octanol–water partition coefficient (Wildman–Crippen LogP) is 3.35. The van der Waals surface area contributed by atoms with Crippen LogP contribution in [-0.2, 0) is 6.42 Å². The highest BCUT2D eigenvalue weighted by Gasteiger charge is 2.37. The van der Waals surface area contributed by atoms with Gasteiger partial charge in [-0.15, -0.1) is 0 Å². The minimum Gasteiger partial charge on any atom is -0.313 e. The van der Waals surface area contributed by atoms with E-state index in [0.29, 0.717) is 17.5 Å². The maximum absolute atomic E-state index is 4.50. The van der Waals surface area contributed by atoms with E-state index in [1.54, 1.807) is 6.33 Å². The molecule has 1 aliphatic carbocycles. The summed E-state index contributed by atoms with van der Waals surface area (Å²) < 4.78 is 2.07. The highest BCUT2D eigenvalue weighted by Crippen LogP contribution is 2.41. The summed E-state index contributed by atoms with van der Waals surface area (Å²) >= 11 is 0. The Kier molecular flexibility index (Phi) is 5.19. The van der Waals surface area contributed by atoms with E-state index in [2.05, 4.69) is 47.8 Å². The van der Waals surface area contributed by atoms with E-state index < -0.39 is 0 Å². The van der Waals surface area contributed by atoms with Crippen LogP contribution in [0.1, 0.15) is 71.7 Å². The van der Waals surface area contributed by atoms with Gasteiger partial charge in [-0.1, -0.05) is 26.7 Å². The maximum atomic E-state index is 4.50. The number of hydrogen-bond donors (Lipinski definition) is 1. The van der Waals surface area contributed by atoms with Gasteiger partial charge in [0.2, 0.25) is 0 Å². The van der Waals surface area contributed by atoms with Gasteiger partial charge in [-0.25, -0.2) is 9.67 Å². The molecule has 1 aromatic heterocycles. The van der Waals surface area contributed by atoms with Gasteiger partial charge in [-0.05, 0) is 45.1 Å². The van der Waals surface area contributed by atoms with Crippen LogP contribution in [0.25, 0.3) is 0 Å². The average molecular weight is 278 g/mol. The first-order chi connectivity index (χ1) is 9.57. The monoisotopic (exact) mass is 278 g/mol. The van der Waals surface area contributed by atoms with E-state index in [-0.39, 0.29) is 0 Å². The minimum absolute atomic E-state index is 0.385. The summed E-state index contributed by atoms with van der Waals surface area (Å²) in [5.74, 6) is 1.13. The summed E-state index contributed by atoms with van der Waals surface area (Å²) in [6, 6.07) is 0.905. The topological polar surface area (TPSA) is 42.7 Å². The van der Waals surface area contributed by atoms with E-state index in [1.807, 2.05) is 0 Å². The zero-order valence-corrected chi connectivity index (χ0v) is 13.5. The Labute approximate surface area is 123 Å². The molecule has 1 fully saturated rings. The molecule has 0 amide bonds. The second-order valence-corrected chi connectivity index (χ2v) is 6.79. The van der Waals surface area contributed by atoms with Crippen molar-refractivity contribution in [1.82, 2.24) is 20.1 Å². The van der Waals surface area contributed by atoms with Crippen molar-refractivity contribution in [1.29, 1.82) is 0 Å². The van der Waals surface area contributed by atoms with Gasteiger partial charge < -0.3 is 5.32 Å². The zero-order chi connectivity index (χ0) is 14.6. The molecular weight excluding hydrogens is 248 g/mol. The van der Waals surface area contributed by atoms with Gasteiger partial charge in [0.05, 0.1) is 0 Å². The van der Waals surface area contributed by atoms with Gasteiger partial charge in [-0.3, -0.25) is 0 Å². The van der Waals surface area contributed by atoms with Crippen molar-refractivity contribution in [2.24, 2.45) is 5.41 Å². The van der Waals surface area contributed by atoms with Crippen LogP contribution in [0.2, 0.25) is 0 Å². The fourth-order valence-electron chi connectivity index (χ4n) is 3.45. The maximum Gasteiger partial charge on any atom is 0.138 e. The SMILES string of the molecule is CCCNC(Cc1ncnn1C(C)C)C1(C)CCCC1. The molecule has 0 spiro atoms. The third kappa shape index (κ3) is 3.40. The molecule has 1 aliphatic rings. The van der Waals surface area contributed by atoms with Crippen LogP contribution in [0.4, 0.5) is 0 Å². The average Bonchev–Trinajstić information content (AvgIpc) is 3.03. The summed E-state index contributed by atoms with van der Waals surface area (Å²) in [4.78, 5) is 4.50. The van der Waals surface area contributed by atoms with Crippen LogP contribution in [0.3, 0.4) is 0 Å². The van der Waals surface area contributed by atoms with Crippen molar-refractivity contribution in [2.45, 2.75) is 78.3 Å². The number of hydrogen-bond acceptors (Lipinski definition) is 3. The molecule has 0 aromatic carbocycles. The van der Waals surface area contributed by atoms with Gasteiger partial charge >= 0.3 is 0 Å². The Balaban J connectivity index is 2.12. The van der Waals surface area contributed by atoms with Crippen molar-refractivity contribution in [3.8, 4) is 0 Å². The van der Waals surface area contributed by atoms with Crippen LogP contribution < -0.4 is 5.32 Å². The number of nitrogens with zero attached hydrogens (tertiary/aromatic N) is 3. The lowest BCUT2D eigenvalue weighted by Crippen LogP contribution is -2.44.